The highest BCUT2D eigenvalue weighted by Gasteiger charge is 2.32. The Morgan fingerprint density at radius 2 is 1.84 bits per heavy atom. The lowest BCUT2D eigenvalue weighted by Crippen LogP contribution is -2.55. The Balaban J connectivity index is 1.45. The van der Waals surface area contributed by atoms with Crippen LogP contribution in [0.1, 0.15) is 31.7 Å². The molecular formula is C21H31N3O. The van der Waals surface area contributed by atoms with E-state index >= 15 is 0 Å². The summed E-state index contributed by atoms with van der Waals surface area (Å²) in [6.07, 6.45) is 7.87. The van der Waals surface area contributed by atoms with Gasteiger partial charge in [0.15, 0.2) is 0 Å². The summed E-state index contributed by atoms with van der Waals surface area (Å²) in [6.45, 7) is 8.88. The molecule has 0 aliphatic carbocycles. The number of carbonyl (C=O) groups excluding carboxylic acids is 1. The van der Waals surface area contributed by atoms with Gasteiger partial charge in [0.25, 0.3) is 0 Å². The van der Waals surface area contributed by atoms with E-state index in [-0.39, 0.29) is 6.04 Å². The van der Waals surface area contributed by atoms with Crippen LogP contribution in [0.15, 0.2) is 36.4 Å². The summed E-state index contributed by atoms with van der Waals surface area (Å²) in [5.74, 6) is 0.362. The summed E-state index contributed by atoms with van der Waals surface area (Å²) >= 11 is 0. The number of carbonyl (C=O) groups is 1. The number of likely N-dealkylation sites (N-methyl/N-ethyl adjacent to an activating group) is 1. The van der Waals surface area contributed by atoms with Gasteiger partial charge in [-0.1, -0.05) is 55.8 Å². The number of hydrogen-bond donors (Lipinski definition) is 0. The smallest absolute Gasteiger partial charge is 0.240 e. The second kappa shape index (κ2) is 9.16. The van der Waals surface area contributed by atoms with E-state index in [0.717, 1.165) is 52.2 Å². The minimum atomic E-state index is 0.128. The average Bonchev–Trinajstić information content (AvgIpc) is 2.69. The average molecular weight is 341 g/mol. The number of piperazine rings is 1. The molecule has 3 rings (SSSR count). The second-order valence-corrected chi connectivity index (χ2v) is 7.08. The van der Waals surface area contributed by atoms with Gasteiger partial charge in [-0.2, -0.15) is 0 Å². The normalized spacial score (nSPS) is 23.2. The molecule has 4 nitrogen and oxygen atoms in total. The third-order valence-electron chi connectivity index (χ3n) is 5.46. The van der Waals surface area contributed by atoms with Crippen molar-refractivity contribution in [2.75, 3.05) is 45.8 Å². The molecule has 0 spiro atoms. The third-order valence-corrected chi connectivity index (χ3v) is 5.46. The van der Waals surface area contributed by atoms with Gasteiger partial charge < -0.3 is 4.90 Å². The third kappa shape index (κ3) is 4.93. The largest absolute Gasteiger partial charge is 0.339 e. The first-order valence-electron chi connectivity index (χ1n) is 9.74. The van der Waals surface area contributed by atoms with Crippen LogP contribution in [0.3, 0.4) is 0 Å². The van der Waals surface area contributed by atoms with Crippen molar-refractivity contribution >= 4 is 12.0 Å². The number of nitrogens with zero attached hydrogens (tertiary/aromatic N) is 3. The number of likely N-dealkylation sites (tertiary alicyclic amines) is 1. The van der Waals surface area contributed by atoms with E-state index in [4.69, 9.17) is 0 Å². The molecule has 1 aromatic rings. The predicted octanol–water partition coefficient (Wildman–Crippen LogP) is 2.72. The molecule has 2 fully saturated rings. The van der Waals surface area contributed by atoms with Crippen molar-refractivity contribution in [3.05, 3.63) is 42.0 Å². The molecule has 2 heterocycles. The quantitative estimate of drug-likeness (QED) is 0.824. The minimum absolute atomic E-state index is 0.128. The standard InChI is InChI=1S/C21H31N3O/c1-2-23-14-7-6-12-20(23)21(25)24-17-15-22(16-18-24)13-8-11-19-9-4-3-5-10-19/h3-5,8-11,20H,2,6-7,12-18H2,1H3/b11-8+/t20-/m0/s1. The van der Waals surface area contributed by atoms with Crippen LogP contribution in [-0.2, 0) is 4.79 Å². The Hall–Kier alpha value is -1.65. The van der Waals surface area contributed by atoms with E-state index in [0.29, 0.717) is 5.91 Å². The minimum Gasteiger partial charge on any atom is -0.339 e. The molecule has 4 heteroatoms. The monoisotopic (exact) mass is 341 g/mol. The van der Waals surface area contributed by atoms with Gasteiger partial charge in [-0.15, -0.1) is 0 Å². The van der Waals surface area contributed by atoms with Crippen molar-refractivity contribution in [3.63, 3.8) is 0 Å². The molecule has 2 aliphatic rings. The van der Waals surface area contributed by atoms with E-state index in [2.05, 4.69) is 58.0 Å². The second-order valence-electron chi connectivity index (χ2n) is 7.08. The molecule has 1 amide bonds. The fourth-order valence-corrected chi connectivity index (χ4v) is 3.91. The lowest BCUT2D eigenvalue weighted by Gasteiger charge is -2.40. The fourth-order valence-electron chi connectivity index (χ4n) is 3.91. The van der Waals surface area contributed by atoms with Gasteiger partial charge in [0.1, 0.15) is 0 Å². The summed E-state index contributed by atoms with van der Waals surface area (Å²) in [4.78, 5) is 19.8. The first-order valence-corrected chi connectivity index (χ1v) is 9.74. The Morgan fingerprint density at radius 3 is 2.56 bits per heavy atom. The molecule has 1 aromatic carbocycles. The van der Waals surface area contributed by atoms with Crippen molar-refractivity contribution < 1.29 is 4.79 Å². The van der Waals surface area contributed by atoms with Crippen LogP contribution in [-0.4, -0.2) is 72.5 Å². The summed E-state index contributed by atoms with van der Waals surface area (Å²) in [5, 5.41) is 0. The fraction of sp³-hybridized carbons (Fsp3) is 0.571. The number of rotatable bonds is 5. The number of amides is 1. The molecule has 2 aliphatic heterocycles. The van der Waals surface area contributed by atoms with Gasteiger partial charge in [0.05, 0.1) is 6.04 Å². The van der Waals surface area contributed by atoms with Crippen LogP contribution in [0.2, 0.25) is 0 Å². The van der Waals surface area contributed by atoms with Gasteiger partial charge in [-0.05, 0) is 31.5 Å². The zero-order valence-corrected chi connectivity index (χ0v) is 15.4. The van der Waals surface area contributed by atoms with Crippen LogP contribution in [0.25, 0.3) is 6.08 Å². The Kier molecular flexibility index (Phi) is 6.65. The zero-order chi connectivity index (χ0) is 17.5. The molecule has 136 valence electrons. The first-order chi connectivity index (χ1) is 12.3. The highest BCUT2D eigenvalue weighted by Crippen LogP contribution is 2.19. The van der Waals surface area contributed by atoms with Crippen LogP contribution in [0, 0.1) is 0 Å². The van der Waals surface area contributed by atoms with Crippen molar-refractivity contribution in [1.82, 2.24) is 14.7 Å². The topological polar surface area (TPSA) is 26.8 Å². The molecule has 0 N–H and O–H groups in total. The Morgan fingerprint density at radius 1 is 1.08 bits per heavy atom. The lowest BCUT2D eigenvalue weighted by molar-refractivity contribution is -0.139. The maximum absolute atomic E-state index is 12.9. The molecule has 25 heavy (non-hydrogen) atoms. The van der Waals surface area contributed by atoms with Crippen molar-refractivity contribution in [2.45, 2.75) is 32.2 Å². The molecule has 1 atom stereocenters. The van der Waals surface area contributed by atoms with Crippen molar-refractivity contribution in [1.29, 1.82) is 0 Å². The van der Waals surface area contributed by atoms with E-state index in [1.165, 1.54) is 18.4 Å². The molecule has 0 bridgehead atoms. The van der Waals surface area contributed by atoms with Gasteiger partial charge in [0.2, 0.25) is 5.91 Å². The lowest BCUT2D eigenvalue weighted by atomic mass is 10.0. The molecular weight excluding hydrogens is 310 g/mol. The summed E-state index contributed by atoms with van der Waals surface area (Å²) < 4.78 is 0. The molecule has 0 saturated carbocycles. The zero-order valence-electron chi connectivity index (χ0n) is 15.4. The molecule has 0 unspecified atom stereocenters. The number of piperidine rings is 1. The Bertz CT molecular complexity index is 564. The SMILES string of the molecule is CCN1CCCC[C@H]1C(=O)N1CCN(C/C=C/c2ccccc2)CC1. The predicted molar refractivity (Wildman–Crippen MR) is 103 cm³/mol. The molecule has 0 aromatic heterocycles. The maximum Gasteiger partial charge on any atom is 0.240 e. The van der Waals surface area contributed by atoms with E-state index < -0.39 is 0 Å². The van der Waals surface area contributed by atoms with Crippen molar-refractivity contribution in [2.24, 2.45) is 0 Å². The van der Waals surface area contributed by atoms with Crippen LogP contribution >= 0.6 is 0 Å². The van der Waals surface area contributed by atoms with E-state index in [9.17, 15) is 4.79 Å². The van der Waals surface area contributed by atoms with E-state index in [1.807, 2.05) is 6.07 Å². The number of hydrogen-bond acceptors (Lipinski definition) is 3. The van der Waals surface area contributed by atoms with Crippen LogP contribution in [0.5, 0.6) is 0 Å². The molecule has 0 radical (unpaired) electrons. The van der Waals surface area contributed by atoms with Gasteiger partial charge in [-0.3, -0.25) is 14.6 Å². The van der Waals surface area contributed by atoms with Gasteiger partial charge >= 0.3 is 0 Å². The highest BCUT2D eigenvalue weighted by atomic mass is 16.2. The number of benzene rings is 1. The summed E-state index contributed by atoms with van der Waals surface area (Å²) in [7, 11) is 0. The van der Waals surface area contributed by atoms with Crippen LogP contribution in [0.4, 0.5) is 0 Å². The van der Waals surface area contributed by atoms with Gasteiger partial charge in [-0.25, -0.2) is 0 Å². The summed E-state index contributed by atoms with van der Waals surface area (Å²) in [6, 6.07) is 10.5. The van der Waals surface area contributed by atoms with Crippen molar-refractivity contribution in [3.8, 4) is 0 Å². The van der Waals surface area contributed by atoms with Gasteiger partial charge in [0, 0.05) is 32.7 Å². The first kappa shape index (κ1) is 18.2. The molecule has 2 saturated heterocycles. The van der Waals surface area contributed by atoms with E-state index in [1.54, 1.807) is 0 Å². The Labute approximate surface area is 152 Å². The van der Waals surface area contributed by atoms with Crippen LogP contribution < -0.4 is 0 Å². The highest BCUT2D eigenvalue weighted by molar-refractivity contribution is 5.82. The summed E-state index contributed by atoms with van der Waals surface area (Å²) in [5.41, 5.74) is 1.24. The maximum atomic E-state index is 12.9.